The van der Waals surface area contributed by atoms with Crippen LogP contribution in [0.2, 0.25) is 0 Å². The largest absolute Gasteiger partial charge is 0.513 e. The highest BCUT2D eigenvalue weighted by atomic mass is 17.1. The van der Waals surface area contributed by atoms with Crippen molar-refractivity contribution in [3.63, 3.8) is 0 Å². The third-order valence-electron chi connectivity index (χ3n) is 3.65. The van der Waals surface area contributed by atoms with Crippen LogP contribution in [0.15, 0.2) is 48.5 Å². The Labute approximate surface area is 187 Å². The fourth-order valence-electron chi connectivity index (χ4n) is 2.15. The quantitative estimate of drug-likeness (QED) is 0.114. The maximum absolute atomic E-state index is 11.5. The second-order valence-corrected chi connectivity index (χ2v) is 5.94. The van der Waals surface area contributed by atoms with Gasteiger partial charge in [-0.3, -0.25) is 10.1 Å². The van der Waals surface area contributed by atoms with E-state index in [2.05, 4.69) is 4.89 Å². The number of hydrogen-bond acceptors (Lipinski definition) is 12. The van der Waals surface area contributed by atoms with Crippen molar-refractivity contribution in [3.8, 4) is 17.2 Å². The summed E-state index contributed by atoms with van der Waals surface area (Å²) in [4.78, 5) is 37.0. The van der Waals surface area contributed by atoms with Gasteiger partial charge in [-0.05, 0) is 36.4 Å². The van der Waals surface area contributed by atoms with E-state index in [4.69, 9.17) is 33.7 Å². The number of nitro groups is 1. The maximum atomic E-state index is 11.5. The standard InChI is InChI=1S/C20H21NO12/c22-19(31-16-3-1-15(2-4-16)21(24)25)29-13-11-27-9-10-28-12-14-30-20(23)32-17-5-7-18(33-26)8-6-17/h1-8,26H,9-14H2. The lowest BCUT2D eigenvalue weighted by Crippen LogP contribution is -2.17. The van der Waals surface area contributed by atoms with Gasteiger partial charge in [-0.25, -0.2) is 14.8 Å². The first-order chi connectivity index (χ1) is 16.0. The molecular weight excluding hydrogens is 446 g/mol. The smallest absolute Gasteiger partial charge is 0.432 e. The molecule has 0 saturated heterocycles. The molecule has 13 heteroatoms. The van der Waals surface area contributed by atoms with E-state index in [1.807, 2.05) is 0 Å². The second kappa shape index (κ2) is 14.2. The van der Waals surface area contributed by atoms with Gasteiger partial charge in [-0.1, -0.05) is 0 Å². The Bertz CT molecular complexity index is 885. The Morgan fingerprint density at radius 3 is 1.52 bits per heavy atom. The van der Waals surface area contributed by atoms with Crippen molar-refractivity contribution >= 4 is 18.0 Å². The molecule has 0 fully saturated rings. The molecule has 0 bridgehead atoms. The fraction of sp³-hybridized carbons (Fsp3) is 0.300. The van der Waals surface area contributed by atoms with Gasteiger partial charge in [-0.15, -0.1) is 0 Å². The molecule has 0 unspecified atom stereocenters. The topological polar surface area (TPSA) is 162 Å². The molecule has 0 heterocycles. The first-order valence-electron chi connectivity index (χ1n) is 9.48. The van der Waals surface area contributed by atoms with Crippen molar-refractivity contribution < 1.29 is 53.1 Å². The minimum Gasteiger partial charge on any atom is -0.432 e. The van der Waals surface area contributed by atoms with E-state index in [1.54, 1.807) is 0 Å². The molecule has 0 radical (unpaired) electrons. The number of nitrogens with zero attached hydrogens (tertiary/aromatic N) is 1. The van der Waals surface area contributed by atoms with Gasteiger partial charge in [-0.2, -0.15) is 0 Å². The molecule has 0 aliphatic heterocycles. The lowest BCUT2D eigenvalue weighted by atomic mass is 10.3. The van der Waals surface area contributed by atoms with Crippen LogP contribution in [0, 0.1) is 10.1 Å². The Kier molecular flexibility index (Phi) is 10.9. The Morgan fingerprint density at radius 1 is 0.697 bits per heavy atom. The normalized spacial score (nSPS) is 10.2. The molecule has 178 valence electrons. The summed E-state index contributed by atoms with van der Waals surface area (Å²) >= 11 is 0. The molecule has 1 N–H and O–H groups in total. The number of hydrogen-bond donors (Lipinski definition) is 1. The van der Waals surface area contributed by atoms with Crippen molar-refractivity contribution in [1.29, 1.82) is 0 Å². The van der Waals surface area contributed by atoms with Crippen molar-refractivity contribution in [1.82, 2.24) is 0 Å². The molecule has 2 aromatic rings. The van der Waals surface area contributed by atoms with Crippen molar-refractivity contribution in [2.75, 3.05) is 39.6 Å². The van der Waals surface area contributed by atoms with Gasteiger partial charge in [0.15, 0.2) is 5.75 Å². The summed E-state index contributed by atoms with van der Waals surface area (Å²) in [7, 11) is 0. The summed E-state index contributed by atoms with van der Waals surface area (Å²) in [6, 6.07) is 10.6. The SMILES string of the molecule is O=C(OCCOCCOCCOC(=O)Oc1ccc([N+](=O)[O-])cc1)Oc1ccc(OO)cc1. The van der Waals surface area contributed by atoms with Crippen LogP contribution in [-0.4, -0.2) is 62.1 Å². The lowest BCUT2D eigenvalue weighted by Gasteiger charge is -2.08. The van der Waals surface area contributed by atoms with Gasteiger partial charge >= 0.3 is 12.3 Å². The van der Waals surface area contributed by atoms with E-state index >= 15 is 0 Å². The molecular formula is C20H21NO12. The molecule has 13 nitrogen and oxygen atoms in total. The van der Waals surface area contributed by atoms with E-state index in [0.29, 0.717) is 0 Å². The van der Waals surface area contributed by atoms with E-state index < -0.39 is 17.2 Å². The van der Waals surface area contributed by atoms with Crippen LogP contribution in [0.1, 0.15) is 0 Å². The summed E-state index contributed by atoms with van der Waals surface area (Å²) in [6.45, 7) is 0.550. The molecule has 0 atom stereocenters. The zero-order valence-corrected chi connectivity index (χ0v) is 17.2. The van der Waals surface area contributed by atoms with Crippen molar-refractivity contribution in [2.45, 2.75) is 0 Å². The van der Waals surface area contributed by atoms with Crippen molar-refractivity contribution in [2.24, 2.45) is 0 Å². The maximum Gasteiger partial charge on any atom is 0.513 e. The molecule has 0 spiro atoms. The van der Waals surface area contributed by atoms with Crippen LogP contribution in [-0.2, 0) is 18.9 Å². The number of nitro benzene ring substituents is 1. The molecule has 2 rings (SSSR count). The highest BCUT2D eigenvalue weighted by Gasteiger charge is 2.09. The molecule has 0 amide bonds. The predicted octanol–water partition coefficient (Wildman–Crippen LogP) is 3.21. The monoisotopic (exact) mass is 467 g/mol. The van der Waals surface area contributed by atoms with Crippen LogP contribution in [0.3, 0.4) is 0 Å². The molecule has 0 saturated carbocycles. The van der Waals surface area contributed by atoms with Gasteiger partial charge < -0.3 is 33.3 Å². The first-order valence-corrected chi connectivity index (χ1v) is 9.48. The van der Waals surface area contributed by atoms with E-state index in [0.717, 1.165) is 0 Å². The van der Waals surface area contributed by atoms with Crippen molar-refractivity contribution in [3.05, 3.63) is 58.6 Å². The Hall–Kier alpha value is -3.94. The minimum atomic E-state index is -0.967. The number of carbonyl (C=O) groups is 2. The van der Waals surface area contributed by atoms with Gasteiger partial charge in [0, 0.05) is 12.1 Å². The van der Waals surface area contributed by atoms with Crippen LogP contribution < -0.4 is 14.4 Å². The summed E-state index contributed by atoms with van der Waals surface area (Å²) in [6.07, 6.45) is -1.88. The zero-order chi connectivity index (χ0) is 23.9. The summed E-state index contributed by atoms with van der Waals surface area (Å²) in [5, 5.41) is 19.0. The zero-order valence-electron chi connectivity index (χ0n) is 17.2. The predicted molar refractivity (Wildman–Crippen MR) is 108 cm³/mol. The number of non-ortho nitro benzene ring substituents is 1. The number of ether oxygens (including phenoxy) is 6. The molecule has 0 aliphatic rings. The molecule has 0 aromatic heterocycles. The van der Waals surface area contributed by atoms with Gasteiger partial charge in [0.25, 0.3) is 5.69 Å². The third-order valence-corrected chi connectivity index (χ3v) is 3.65. The van der Waals surface area contributed by atoms with Gasteiger partial charge in [0.1, 0.15) is 24.7 Å². The summed E-state index contributed by atoms with van der Waals surface area (Å²) in [5.41, 5.74) is -0.126. The Balaban J connectivity index is 1.43. The summed E-state index contributed by atoms with van der Waals surface area (Å²) in [5.74, 6) is 0.522. The molecule has 2 aromatic carbocycles. The minimum absolute atomic E-state index is 0.0335. The summed E-state index contributed by atoms with van der Waals surface area (Å²) < 4.78 is 29.8. The van der Waals surface area contributed by atoms with Crippen LogP contribution in [0.25, 0.3) is 0 Å². The second-order valence-electron chi connectivity index (χ2n) is 5.94. The Morgan fingerprint density at radius 2 is 1.09 bits per heavy atom. The van der Waals surface area contributed by atoms with Gasteiger partial charge in [0.2, 0.25) is 0 Å². The lowest BCUT2D eigenvalue weighted by molar-refractivity contribution is -0.384. The van der Waals surface area contributed by atoms with E-state index in [-0.39, 0.29) is 62.6 Å². The van der Waals surface area contributed by atoms with Crippen LogP contribution in [0.5, 0.6) is 17.2 Å². The average molecular weight is 467 g/mol. The fourth-order valence-corrected chi connectivity index (χ4v) is 2.15. The number of rotatable bonds is 13. The van der Waals surface area contributed by atoms with E-state index in [9.17, 15) is 19.7 Å². The molecule has 0 aliphatic carbocycles. The highest BCUT2D eigenvalue weighted by Crippen LogP contribution is 2.18. The van der Waals surface area contributed by atoms with Crippen LogP contribution >= 0.6 is 0 Å². The average Bonchev–Trinajstić information content (AvgIpc) is 2.81. The third kappa shape index (κ3) is 10.3. The molecule has 33 heavy (non-hydrogen) atoms. The number of carbonyl (C=O) groups excluding carboxylic acids is 2. The number of benzene rings is 2. The van der Waals surface area contributed by atoms with Gasteiger partial charge in [0.05, 0.1) is 31.4 Å². The highest BCUT2D eigenvalue weighted by molar-refractivity contribution is 5.64. The first kappa shape index (κ1) is 25.3. The van der Waals surface area contributed by atoms with Crippen LogP contribution in [0.4, 0.5) is 15.3 Å². The van der Waals surface area contributed by atoms with E-state index in [1.165, 1.54) is 48.5 Å².